The maximum atomic E-state index is 12.4. The van der Waals surface area contributed by atoms with Crippen molar-refractivity contribution in [2.75, 3.05) is 44.7 Å². The highest BCUT2D eigenvalue weighted by atomic mass is 16.2. The van der Waals surface area contributed by atoms with Crippen LogP contribution in [0.15, 0.2) is 18.2 Å². The van der Waals surface area contributed by atoms with Crippen molar-refractivity contribution >= 4 is 11.6 Å². The molecule has 4 nitrogen and oxygen atoms in total. The minimum absolute atomic E-state index is 0.219. The van der Waals surface area contributed by atoms with Gasteiger partial charge in [-0.25, -0.2) is 0 Å². The van der Waals surface area contributed by atoms with E-state index >= 15 is 0 Å². The molecule has 0 spiro atoms. The van der Waals surface area contributed by atoms with Crippen molar-refractivity contribution < 1.29 is 4.79 Å². The second kappa shape index (κ2) is 6.75. The van der Waals surface area contributed by atoms with E-state index in [2.05, 4.69) is 42.3 Å². The zero-order chi connectivity index (χ0) is 14.5. The van der Waals surface area contributed by atoms with Crippen molar-refractivity contribution in [1.82, 2.24) is 10.2 Å². The van der Waals surface area contributed by atoms with E-state index in [1.165, 1.54) is 11.1 Å². The minimum Gasteiger partial charge on any atom is -0.365 e. The number of aryl methyl sites for hydroxylation is 2. The molecule has 110 valence electrons. The third kappa shape index (κ3) is 3.73. The molecule has 20 heavy (non-hydrogen) atoms. The topological polar surface area (TPSA) is 35.6 Å². The summed E-state index contributed by atoms with van der Waals surface area (Å²) >= 11 is 0. The van der Waals surface area contributed by atoms with Crippen molar-refractivity contribution in [3.05, 3.63) is 29.3 Å². The molecule has 0 radical (unpaired) electrons. The zero-order valence-corrected chi connectivity index (χ0v) is 12.8. The Labute approximate surface area is 121 Å². The Morgan fingerprint density at radius 1 is 1.30 bits per heavy atom. The maximum absolute atomic E-state index is 12.4. The number of nitrogens with zero attached hydrogens (tertiary/aromatic N) is 2. The summed E-state index contributed by atoms with van der Waals surface area (Å²) in [4.78, 5) is 16.4. The lowest BCUT2D eigenvalue weighted by Gasteiger charge is -2.26. The molecular weight excluding hydrogens is 250 g/mol. The van der Waals surface area contributed by atoms with Crippen LogP contribution < -0.4 is 10.2 Å². The molecule has 1 N–H and O–H groups in total. The molecule has 1 amide bonds. The third-order valence-corrected chi connectivity index (χ3v) is 3.83. The number of likely N-dealkylation sites (N-methyl/N-ethyl adjacent to an activating group) is 1. The van der Waals surface area contributed by atoms with Gasteiger partial charge in [0.15, 0.2) is 0 Å². The molecule has 1 saturated heterocycles. The molecule has 1 aromatic rings. The van der Waals surface area contributed by atoms with Crippen LogP contribution in [0.4, 0.5) is 5.69 Å². The maximum Gasteiger partial charge on any atom is 0.242 e. The van der Waals surface area contributed by atoms with E-state index in [4.69, 9.17) is 0 Å². The lowest BCUT2D eigenvalue weighted by atomic mass is 10.1. The standard InChI is InChI=1S/C16H25N3O/c1-13-5-6-15(14(2)11-13)18(3)12-16(20)19-9-4-7-17-8-10-19/h5-6,11,17H,4,7-10,12H2,1-3H3. The van der Waals surface area contributed by atoms with Crippen LogP contribution in [-0.4, -0.2) is 50.6 Å². The Morgan fingerprint density at radius 3 is 2.85 bits per heavy atom. The van der Waals surface area contributed by atoms with Gasteiger partial charge >= 0.3 is 0 Å². The second-order valence-electron chi connectivity index (χ2n) is 5.63. The van der Waals surface area contributed by atoms with Crippen LogP contribution in [0.2, 0.25) is 0 Å². The molecular formula is C16H25N3O. The second-order valence-corrected chi connectivity index (χ2v) is 5.63. The van der Waals surface area contributed by atoms with Crippen molar-refractivity contribution in [2.45, 2.75) is 20.3 Å². The van der Waals surface area contributed by atoms with Crippen molar-refractivity contribution in [3.8, 4) is 0 Å². The largest absolute Gasteiger partial charge is 0.365 e. The molecule has 1 fully saturated rings. The molecule has 0 aromatic heterocycles. The summed E-state index contributed by atoms with van der Waals surface area (Å²) in [7, 11) is 1.99. The van der Waals surface area contributed by atoms with Gasteiger partial charge in [-0.15, -0.1) is 0 Å². The highest BCUT2D eigenvalue weighted by Crippen LogP contribution is 2.19. The zero-order valence-electron chi connectivity index (χ0n) is 12.8. The Balaban J connectivity index is 1.99. The highest BCUT2D eigenvalue weighted by Gasteiger charge is 2.17. The Bertz CT molecular complexity index is 465. The fourth-order valence-corrected chi connectivity index (χ4v) is 2.72. The molecule has 0 atom stereocenters. The summed E-state index contributed by atoms with van der Waals surface area (Å²) in [5.41, 5.74) is 3.61. The summed E-state index contributed by atoms with van der Waals surface area (Å²) < 4.78 is 0. The van der Waals surface area contributed by atoms with Crippen LogP contribution >= 0.6 is 0 Å². The van der Waals surface area contributed by atoms with Crippen LogP contribution in [0.25, 0.3) is 0 Å². The smallest absolute Gasteiger partial charge is 0.242 e. The van der Waals surface area contributed by atoms with E-state index in [-0.39, 0.29) is 5.91 Å². The van der Waals surface area contributed by atoms with E-state index in [1.54, 1.807) is 0 Å². The fraction of sp³-hybridized carbons (Fsp3) is 0.562. The molecule has 2 rings (SSSR count). The SMILES string of the molecule is Cc1ccc(N(C)CC(=O)N2CCCNCC2)c(C)c1. The van der Waals surface area contributed by atoms with Gasteiger partial charge in [-0.1, -0.05) is 17.7 Å². The lowest BCUT2D eigenvalue weighted by molar-refractivity contribution is -0.129. The Morgan fingerprint density at radius 2 is 2.10 bits per heavy atom. The first-order valence-corrected chi connectivity index (χ1v) is 7.35. The number of rotatable bonds is 3. The summed E-state index contributed by atoms with van der Waals surface area (Å²) in [5, 5.41) is 3.32. The minimum atomic E-state index is 0.219. The van der Waals surface area contributed by atoms with Gasteiger partial charge in [0, 0.05) is 32.4 Å². The number of anilines is 1. The van der Waals surface area contributed by atoms with Crippen molar-refractivity contribution in [1.29, 1.82) is 0 Å². The van der Waals surface area contributed by atoms with Crippen molar-refractivity contribution in [2.24, 2.45) is 0 Å². The number of amides is 1. The summed E-state index contributed by atoms with van der Waals surface area (Å²) in [6.45, 7) is 8.23. The average molecular weight is 275 g/mol. The molecule has 0 saturated carbocycles. The van der Waals surface area contributed by atoms with E-state index in [1.807, 2.05) is 11.9 Å². The predicted molar refractivity (Wildman–Crippen MR) is 83.3 cm³/mol. The number of nitrogens with one attached hydrogen (secondary N) is 1. The molecule has 0 aliphatic carbocycles. The van der Waals surface area contributed by atoms with Gasteiger partial charge in [-0.05, 0) is 38.4 Å². The first-order valence-electron chi connectivity index (χ1n) is 7.35. The van der Waals surface area contributed by atoms with Crippen LogP contribution in [-0.2, 0) is 4.79 Å². The molecule has 1 aromatic carbocycles. The van der Waals surface area contributed by atoms with Gasteiger partial charge in [0.25, 0.3) is 0 Å². The quantitative estimate of drug-likeness (QED) is 0.909. The number of hydrogen-bond acceptors (Lipinski definition) is 3. The molecule has 0 bridgehead atoms. The van der Waals surface area contributed by atoms with E-state index < -0.39 is 0 Å². The van der Waals surface area contributed by atoms with Gasteiger partial charge in [0.2, 0.25) is 5.91 Å². The van der Waals surface area contributed by atoms with E-state index in [0.717, 1.165) is 38.3 Å². The van der Waals surface area contributed by atoms with E-state index in [0.29, 0.717) is 6.54 Å². The van der Waals surface area contributed by atoms with Gasteiger partial charge in [-0.3, -0.25) is 4.79 Å². The summed E-state index contributed by atoms with van der Waals surface area (Å²) in [5.74, 6) is 0.219. The van der Waals surface area contributed by atoms with Crippen LogP contribution in [0.3, 0.4) is 0 Å². The molecule has 4 heteroatoms. The number of carbonyl (C=O) groups is 1. The molecule has 1 aliphatic rings. The number of hydrogen-bond donors (Lipinski definition) is 1. The summed E-state index contributed by atoms with van der Waals surface area (Å²) in [6, 6.07) is 6.35. The average Bonchev–Trinajstić information content (AvgIpc) is 2.67. The van der Waals surface area contributed by atoms with Crippen LogP contribution in [0, 0.1) is 13.8 Å². The van der Waals surface area contributed by atoms with Crippen molar-refractivity contribution in [3.63, 3.8) is 0 Å². The molecule has 1 aliphatic heterocycles. The van der Waals surface area contributed by atoms with Gasteiger partial charge in [0.05, 0.1) is 6.54 Å². The number of carbonyl (C=O) groups excluding carboxylic acids is 1. The van der Waals surface area contributed by atoms with Crippen LogP contribution in [0.5, 0.6) is 0 Å². The van der Waals surface area contributed by atoms with Gasteiger partial charge in [0.1, 0.15) is 0 Å². The fourth-order valence-electron chi connectivity index (χ4n) is 2.72. The Kier molecular flexibility index (Phi) is 5.01. The normalized spacial score (nSPS) is 15.8. The van der Waals surface area contributed by atoms with Crippen LogP contribution in [0.1, 0.15) is 17.5 Å². The first kappa shape index (κ1) is 14.9. The molecule has 1 heterocycles. The Hall–Kier alpha value is -1.55. The van der Waals surface area contributed by atoms with E-state index in [9.17, 15) is 4.79 Å². The summed E-state index contributed by atoms with van der Waals surface area (Å²) in [6.07, 6.45) is 1.04. The highest BCUT2D eigenvalue weighted by molar-refractivity contribution is 5.81. The number of benzene rings is 1. The molecule has 0 unspecified atom stereocenters. The predicted octanol–water partition coefficient (Wildman–Crippen LogP) is 1.56. The first-order chi connectivity index (χ1) is 9.58. The van der Waals surface area contributed by atoms with Gasteiger partial charge in [-0.2, -0.15) is 0 Å². The monoisotopic (exact) mass is 275 g/mol. The third-order valence-electron chi connectivity index (χ3n) is 3.83. The lowest BCUT2D eigenvalue weighted by Crippen LogP contribution is -2.41. The van der Waals surface area contributed by atoms with Gasteiger partial charge < -0.3 is 15.1 Å².